The predicted molar refractivity (Wildman–Crippen MR) is 106 cm³/mol. The third-order valence-electron chi connectivity index (χ3n) is 5.84. The molecular weight excluding hydrogens is 372 g/mol. The molecule has 8 nitrogen and oxygen atoms in total. The van der Waals surface area contributed by atoms with Gasteiger partial charge in [0.15, 0.2) is 11.5 Å². The Morgan fingerprint density at radius 3 is 2.21 bits per heavy atom. The molecule has 3 heterocycles. The summed E-state index contributed by atoms with van der Waals surface area (Å²) >= 11 is 0. The summed E-state index contributed by atoms with van der Waals surface area (Å²) in [5.41, 5.74) is 0.114. The largest absolute Gasteiger partial charge is 0.481 e. The van der Waals surface area contributed by atoms with E-state index >= 15 is 0 Å². The molecule has 2 fully saturated rings. The van der Waals surface area contributed by atoms with Crippen molar-refractivity contribution in [2.45, 2.75) is 18.3 Å². The summed E-state index contributed by atoms with van der Waals surface area (Å²) < 4.78 is 5.34. The van der Waals surface area contributed by atoms with Crippen molar-refractivity contribution in [2.75, 3.05) is 44.3 Å². The number of likely N-dealkylation sites (tertiary alicyclic amines) is 1. The van der Waals surface area contributed by atoms with Crippen molar-refractivity contribution in [3.05, 3.63) is 53.7 Å². The van der Waals surface area contributed by atoms with E-state index in [4.69, 9.17) is 4.74 Å². The molecule has 2 aliphatic rings. The van der Waals surface area contributed by atoms with E-state index < -0.39 is 11.4 Å². The maximum Gasteiger partial charge on any atom is 0.314 e. The van der Waals surface area contributed by atoms with Gasteiger partial charge in [0.05, 0.1) is 18.6 Å². The van der Waals surface area contributed by atoms with Gasteiger partial charge >= 0.3 is 5.97 Å². The number of aromatic nitrogens is 2. The zero-order chi connectivity index (χ0) is 20.3. The second-order valence-corrected chi connectivity index (χ2v) is 7.42. The van der Waals surface area contributed by atoms with Crippen molar-refractivity contribution < 1.29 is 19.4 Å². The summed E-state index contributed by atoms with van der Waals surface area (Å²) in [5, 5.41) is 18.2. The first-order valence-corrected chi connectivity index (χ1v) is 9.85. The fourth-order valence-electron chi connectivity index (χ4n) is 4.04. The Morgan fingerprint density at radius 1 is 0.931 bits per heavy atom. The third-order valence-corrected chi connectivity index (χ3v) is 5.84. The Labute approximate surface area is 169 Å². The standard InChI is InChI=1S/C21H24N4O4/c26-19(17-6-7-18(23-22-17)24-12-14-29-15-13-24)25-10-8-21(9-11-25,20(27)28)16-4-2-1-3-5-16/h1-7H,8-15H2,(H,27,28). The highest BCUT2D eigenvalue weighted by atomic mass is 16.5. The van der Waals surface area contributed by atoms with Crippen LogP contribution >= 0.6 is 0 Å². The van der Waals surface area contributed by atoms with Crippen LogP contribution in [0.1, 0.15) is 28.9 Å². The number of aliphatic carboxylic acids is 1. The highest BCUT2D eigenvalue weighted by molar-refractivity contribution is 5.92. The van der Waals surface area contributed by atoms with E-state index in [-0.39, 0.29) is 11.6 Å². The molecule has 8 heteroatoms. The topological polar surface area (TPSA) is 95.9 Å². The predicted octanol–water partition coefficient (Wildman–Crippen LogP) is 1.57. The van der Waals surface area contributed by atoms with Crippen molar-refractivity contribution in [1.29, 1.82) is 0 Å². The number of nitrogens with zero attached hydrogens (tertiary/aromatic N) is 4. The van der Waals surface area contributed by atoms with Gasteiger partial charge in [-0.25, -0.2) is 0 Å². The number of carbonyl (C=O) groups is 2. The molecule has 152 valence electrons. The lowest BCUT2D eigenvalue weighted by molar-refractivity contribution is -0.145. The molecule has 0 saturated carbocycles. The number of ether oxygens (including phenoxy) is 1. The normalized spacial score (nSPS) is 19.0. The summed E-state index contributed by atoms with van der Waals surface area (Å²) in [5.74, 6) is -0.319. The second kappa shape index (κ2) is 8.16. The number of morpholine rings is 1. The Balaban J connectivity index is 1.44. The fraction of sp³-hybridized carbons (Fsp3) is 0.429. The van der Waals surface area contributed by atoms with Gasteiger partial charge in [-0.3, -0.25) is 9.59 Å². The SMILES string of the molecule is O=C(c1ccc(N2CCOCC2)nn1)N1CCC(C(=O)O)(c2ccccc2)CC1. The number of carbonyl (C=O) groups excluding carboxylic acids is 1. The smallest absolute Gasteiger partial charge is 0.314 e. The van der Waals surface area contributed by atoms with E-state index in [1.165, 1.54) is 0 Å². The zero-order valence-corrected chi connectivity index (χ0v) is 16.2. The number of hydrogen-bond donors (Lipinski definition) is 1. The van der Waals surface area contributed by atoms with Crippen LogP contribution in [-0.2, 0) is 14.9 Å². The van der Waals surface area contributed by atoms with Crippen molar-refractivity contribution >= 4 is 17.7 Å². The van der Waals surface area contributed by atoms with Gasteiger partial charge in [0.1, 0.15) is 0 Å². The van der Waals surface area contributed by atoms with E-state index in [1.807, 2.05) is 30.3 Å². The van der Waals surface area contributed by atoms with Crippen LogP contribution in [0.25, 0.3) is 0 Å². The third kappa shape index (κ3) is 3.80. The van der Waals surface area contributed by atoms with Crippen molar-refractivity contribution in [3.8, 4) is 0 Å². The summed E-state index contributed by atoms with van der Waals surface area (Å²) in [7, 11) is 0. The van der Waals surface area contributed by atoms with Crippen molar-refractivity contribution in [3.63, 3.8) is 0 Å². The van der Waals surface area contributed by atoms with Crippen LogP contribution < -0.4 is 4.90 Å². The Kier molecular flexibility index (Phi) is 5.44. The number of hydrogen-bond acceptors (Lipinski definition) is 6. The number of benzene rings is 1. The van der Waals surface area contributed by atoms with Crippen molar-refractivity contribution in [1.82, 2.24) is 15.1 Å². The number of rotatable bonds is 4. The Bertz CT molecular complexity index is 858. The lowest BCUT2D eigenvalue weighted by Crippen LogP contribution is -2.49. The summed E-state index contributed by atoms with van der Waals surface area (Å²) in [6, 6.07) is 12.8. The molecule has 0 spiro atoms. The maximum atomic E-state index is 12.8. The Morgan fingerprint density at radius 2 is 1.62 bits per heavy atom. The van der Waals surface area contributed by atoms with Gasteiger partial charge in [0.25, 0.3) is 5.91 Å². The first-order chi connectivity index (χ1) is 14.1. The zero-order valence-electron chi connectivity index (χ0n) is 16.2. The van der Waals surface area contributed by atoms with E-state index in [0.29, 0.717) is 39.1 Å². The minimum atomic E-state index is -0.954. The van der Waals surface area contributed by atoms with E-state index in [1.54, 1.807) is 17.0 Å². The maximum absolute atomic E-state index is 12.8. The van der Waals surface area contributed by atoms with Crippen LogP contribution in [0.5, 0.6) is 0 Å². The average molecular weight is 396 g/mol. The molecule has 0 bridgehead atoms. The molecule has 2 aromatic rings. The van der Waals surface area contributed by atoms with Crippen LogP contribution in [0, 0.1) is 0 Å². The van der Waals surface area contributed by atoms with Crippen LogP contribution in [-0.4, -0.2) is 71.5 Å². The summed E-state index contributed by atoms with van der Waals surface area (Å²) in [6.45, 7) is 3.56. The molecular formula is C21H24N4O4. The minimum absolute atomic E-state index is 0.210. The van der Waals surface area contributed by atoms with Gasteiger partial charge in [-0.1, -0.05) is 30.3 Å². The number of amides is 1. The molecule has 2 saturated heterocycles. The molecule has 0 unspecified atom stereocenters. The molecule has 0 radical (unpaired) electrons. The number of anilines is 1. The van der Waals surface area contributed by atoms with Gasteiger partial charge in [0, 0.05) is 26.2 Å². The van der Waals surface area contributed by atoms with E-state index in [9.17, 15) is 14.7 Å². The Hall–Kier alpha value is -3.00. The van der Waals surface area contributed by atoms with Gasteiger partial charge < -0.3 is 19.6 Å². The second-order valence-electron chi connectivity index (χ2n) is 7.42. The van der Waals surface area contributed by atoms with Crippen LogP contribution in [0.15, 0.2) is 42.5 Å². The lowest BCUT2D eigenvalue weighted by atomic mass is 9.73. The molecule has 1 aromatic heterocycles. The molecule has 2 aliphatic heterocycles. The minimum Gasteiger partial charge on any atom is -0.481 e. The average Bonchev–Trinajstić information content (AvgIpc) is 2.80. The highest BCUT2D eigenvalue weighted by Gasteiger charge is 2.44. The molecule has 1 aromatic carbocycles. The first kappa shape index (κ1) is 19.3. The lowest BCUT2D eigenvalue weighted by Gasteiger charge is -2.39. The van der Waals surface area contributed by atoms with Gasteiger partial charge in [-0.05, 0) is 30.5 Å². The molecule has 29 heavy (non-hydrogen) atoms. The number of carboxylic acids is 1. The highest BCUT2D eigenvalue weighted by Crippen LogP contribution is 2.36. The van der Waals surface area contributed by atoms with Gasteiger partial charge in [0.2, 0.25) is 0 Å². The van der Waals surface area contributed by atoms with E-state index in [0.717, 1.165) is 24.5 Å². The quantitative estimate of drug-likeness (QED) is 0.838. The van der Waals surface area contributed by atoms with Crippen LogP contribution in [0.2, 0.25) is 0 Å². The molecule has 0 aliphatic carbocycles. The molecule has 1 N–H and O–H groups in total. The molecule has 1 amide bonds. The number of piperidine rings is 1. The first-order valence-electron chi connectivity index (χ1n) is 9.85. The molecule has 4 rings (SSSR count). The monoisotopic (exact) mass is 396 g/mol. The fourth-order valence-corrected chi connectivity index (χ4v) is 4.04. The van der Waals surface area contributed by atoms with Crippen LogP contribution in [0.3, 0.4) is 0 Å². The van der Waals surface area contributed by atoms with E-state index in [2.05, 4.69) is 15.1 Å². The number of carboxylic acid groups (broad SMARTS) is 1. The summed E-state index contributed by atoms with van der Waals surface area (Å²) in [6.07, 6.45) is 0.745. The molecule has 0 atom stereocenters. The van der Waals surface area contributed by atoms with Crippen molar-refractivity contribution in [2.24, 2.45) is 0 Å². The van der Waals surface area contributed by atoms with Gasteiger partial charge in [-0.2, -0.15) is 0 Å². The van der Waals surface area contributed by atoms with Gasteiger partial charge in [-0.15, -0.1) is 10.2 Å². The summed E-state index contributed by atoms with van der Waals surface area (Å²) in [4.78, 5) is 28.7. The van der Waals surface area contributed by atoms with Crippen LogP contribution in [0.4, 0.5) is 5.82 Å².